The second kappa shape index (κ2) is 5.17. The molecule has 2 rings (SSSR count). The molecule has 0 radical (unpaired) electrons. The number of hydrogen-bond donors (Lipinski definition) is 1. The fourth-order valence-electron chi connectivity index (χ4n) is 1.30. The van der Waals surface area contributed by atoms with Gasteiger partial charge in [0.1, 0.15) is 18.9 Å². The molecule has 0 amide bonds. The van der Waals surface area contributed by atoms with Gasteiger partial charge < -0.3 is 5.32 Å². The molecule has 0 aliphatic rings. The molecule has 2 aromatic rings. The van der Waals surface area contributed by atoms with Crippen LogP contribution in [0.1, 0.15) is 13.3 Å². The molecule has 1 N–H and O–H groups in total. The Labute approximate surface area is 102 Å². The fraction of sp³-hybridized carbons (Fsp3) is 0.333. The van der Waals surface area contributed by atoms with Crippen molar-refractivity contribution in [2.24, 2.45) is 0 Å². The number of nitro groups is 1. The number of aromatic nitrogens is 5. The lowest BCUT2D eigenvalue weighted by Gasteiger charge is -2.05. The van der Waals surface area contributed by atoms with Crippen LogP contribution in [0.3, 0.4) is 0 Å². The zero-order valence-corrected chi connectivity index (χ0v) is 9.65. The topological polar surface area (TPSA) is 112 Å². The normalized spacial score (nSPS) is 10.3. The largest absolute Gasteiger partial charge is 0.354 e. The summed E-state index contributed by atoms with van der Waals surface area (Å²) in [5.41, 5.74) is -0.220. The SMILES string of the molecule is CCCNc1ncc([N+](=O)[O-])c(-n2cncn2)n1. The first kappa shape index (κ1) is 11.9. The minimum absolute atomic E-state index is 0.0890. The third-order valence-electron chi connectivity index (χ3n) is 2.12. The van der Waals surface area contributed by atoms with Crippen LogP contribution in [-0.4, -0.2) is 36.2 Å². The maximum Gasteiger partial charge on any atom is 0.332 e. The number of anilines is 1. The van der Waals surface area contributed by atoms with Crippen molar-refractivity contribution in [2.45, 2.75) is 13.3 Å². The minimum atomic E-state index is -0.555. The summed E-state index contributed by atoms with van der Waals surface area (Å²) < 4.78 is 1.23. The Morgan fingerprint density at radius 1 is 1.56 bits per heavy atom. The third-order valence-corrected chi connectivity index (χ3v) is 2.12. The van der Waals surface area contributed by atoms with Gasteiger partial charge in [0, 0.05) is 6.54 Å². The van der Waals surface area contributed by atoms with Gasteiger partial charge in [-0.1, -0.05) is 6.92 Å². The van der Waals surface area contributed by atoms with Crippen molar-refractivity contribution in [3.8, 4) is 5.82 Å². The van der Waals surface area contributed by atoms with Crippen molar-refractivity contribution in [2.75, 3.05) is 11.9 Å². The fourth-order valence-corrected chi connectivity index (χ4v) is 1.30. The Kier molecular flexibility index (Phi) is 3.41. The maximum absolute atomic E-state index is 10.9. The average Bonchev–Trinajstić information content (AvgIpc) is 2.89. The van der Waals surface area contributed by atoms with Gasteiger partial charge in [-0.15, -0.1) is 0 Å². The van der Waals surface area contributed by atoms with Crippen molar-refractivity contribution in [3.63, 3.8) is 0 Å². The molecule has 2 aromatic heterocycles. The summed E-state index contributed by atoms with van der Waals surface area (Å²) in [5, 5.41) is 17.7. The predicted molar refractivity (Wildman–Crippen MR) is 62.4 cm³/mol. The van der Waals surface area contributed by atoms with E-state index in [0.29, 0.717) is 12.5 Å². The molecule has 0 saturated carbocycles. The van der Waals surface area contributed by atoms with E-state index >= 15 is 0 Å². The van der Waals surface area contributed by atoms with E-state index in [4.69, 9.17) is 0 Å². The summed E-state index contributed by atoms with van der Waals surface area (Å²) in [6.45, 7) is 2.69. The molecule has 0 aliphatic heterocycles. The second-order valence-corrected chi connectivity index (χ2v) is 3.43. The average molecular weight is 249 g/mol. The Bertz CT molecular complexity index is 540. The van der Waals surface area contributed by atoms with Crippen molar-refractivity contribution < 1.29 is 4.92 Å². The van der Waals surface area contributed by atoms with Crippen LogP contribution in [0.25, 0.3) is 5.82 Å². The number of nitrogens with one attached hydrogen (secondary N) is 1. The number of hydrogen-bond acceptors (Lipinski definition) is 7. The molecule has 9 nitrogen and oxygen atoms in total. The van der Waals surface area contributed by atoms with E-state index in [9.17, 15) is 10.1 Å². The monoisotopic (exact) mass is 249 g/mol. The first-order valence-electron chi connectivity index (χ1n) is 5.32. The number of rotatable bonds is 5. The van der Waals surface area contributed by atoms with Gasteiger partial charge in [0.05, 0.1) is 4.92 Å². The molecule has 0 atom stereocenters. The van der Waals surface area contributed by atoms with E-state index in [1.807, 2.05) is 6.92 Å². The van der Waals surface area contributed by atoms with E-state index in [0.717, 1.165) is 12.6 Å². The van der Waals surface area contributed by atoms with Gasteiger partial charge in [-0.25, -0.2) is 9.97 Å². The van der Waals surface area contributed by atoms with Gasteiger partial charge >= 0.3 is 5.69 Å². The Hall–Kier alpha value is -2.58. The lowest BCUT2D eigenvalue weighted by molar-refractivity contribution is -0.385. The van der Waals surface area contributed by atoms with Gasteiger partial charge in [0.15, 0.2) is 0 Å². The maximum atomic E-state index is 10.9. The van der Waals surface area contributed by atoms with Gasteiger partial charge in [-0.2, -0.15) is 14.8 Å². The van der Waals surface area contributed by atoms with E-state index in [-0.39, 0.29) is 11.5 Å². The summed E-state index contributed by atoms with van der Waals surface area (Å²) in [4.78, 5) is 22.0. The van der Waals surface area contributed by atoms with Crippen molar-refractivity contribution in [1.82, 2.24) is 24.7 Å². The molecular weight excluding hydrogens is 238 g/mol. The van der Waals surface area contributed by atoms with Crippen LogP contribution in [0.4, 0.5) is 11.6 Å². The van der Waals surface area contributed by atoms with Crippen LogP contribution in [0, 0.1) is 10.1 Å². The first-order chi connectivity index (χ1) is 8.72. The molecule has 0 saturated heterocycles. The molecule has 18 heavy (non-hydrogen) atoms. The summed E-state index contributed by atoms with van der Waals surface area (Å²) >= 11 is 0. The Morgan fingerprint density at radius 3 is 3.00 bits per heavy atom. The minimum Gasteiger partial charge on any atom is -0.354 e. The summed E-state index contributed by atoms with van der Waals surface area (Å²) in [5.74, 6) is 0.416. The van der Waals surface area contributed by atoms with Crippen LogP contribution in [-0.2, 0) is 0 Å². The molecule has 0 spiro atoms. The quantitative estimate of drug-likeness (QED) is 0.615. The highest BCUT2D eigenvalue weighted by Gasteiger charge is 2.19. The van der Waals surface area contributed by atoms with E-state index in [2.05, 4.69) is 25.4 Å². The molecule has 2 heterocycles. The van der Waals surface area contributed by atoms with Crippen LogP contribution in [0.5, 0.6) is 0 Å². The Balaban J connectivity index is 2.42. The van der Waals surface area contributed by atoms with Gasteiger partial charge in [0.25, 0.3) is 0 Å². The van der Waals surface area contributed by atoms with Crippen molar-refractivity contribution in [3.05, 3.63) is 29.0 Å². The summed E-state index contributed by atoms with van der Waals surface area (Å²) in [6, 6.07) is 0. The second-order valence-electron chi connectivity index (χ2n) is 3.43. The molecule has 94 valence electrons. The van der Waals surface area contributed by atoms with Crippen LogP contribution < -0.4 is 5.32 Å². The van der Waals surface area contributed by atoms with Crippen LogP contribution in [0.2, 0.25) is 0 Å². The van der Waals surface area contributed by atoms with Gasteiger partial charge in [-0.3, -0.25) is 10.1 Å². The first-order valence-corrected chi connectivity index (χ1v) is 5.32. The molecule has 0 bridgehead atoms. The lowest BCUT2D eigenvalue weighted by atomic mass is 10.4. The van der Waals surface area contributed by atoms with E-state index in [1.165, 1.54) is 17.3 Å². The molecular formula is C9H11N7O2. The van der Waals surface area contributed by atoms with Crippen molar-refractivity contribution in [1.29, 1.82) is 0 Å². The molecule has 0 aromatic carbocycles. The van der Waals surface area contributed by atoms with E-state index < -0.39 is 4.92 Å². The number of nitrogens with zero attached hydrogens (tertiary/aromatic N) is 6. The predicted octanol–water partition coefficient (Wildman–Crippen LogP) is 0.787. The van der Waals surface area contributed by atoms with Crippen LogP contribution >= 0.6 is 0 Å². The van der Waals surface area contributed by atoms with E-state index in [1.54, 1.807) is 0 Å². The highest BCUT2D eigenvalue weighted by Crippen LogP contribution is 2.19. The molecule has 0 aliphatic carbocycles. The van der Waals surface area contributed by atoms with Gasteiger partial charge in [0.2, 0.25) is 11.8 Å². The molecule has 0 fully saturated rings. The zero-order valence-electron chi connectivity index (χ0n) is 9.65. The molecule has 0 unspecified atom stereocenters. The van der Waals surface area contributed by atoms with Crippen molar-refractivity contribution >= 4 is 11.6 Å². The highest BCUT2D eigenvalue weighted by molar-refractivity contribution is 5.47. The highest BCUT2D eigenvalue weighted by atomic mass is 16.6. The summed E-state index contributed by atoms with van der Waals surface area (Å²) in [7, 11) is 0. The molecule has 9 heteroatoms. The lowest BCUT2D eigenvalue weighted by Crippen LogP contribution is -2.09. The Morgan fingerprint density at radius 2 is 2.39 bits per heavy atom. The van der Waals surface area contributed by atoms with Gasteiger partial charge in [-0.05, 0) is 6.42 Å². The third kappa shape index (κ3) is 2.39. The summed E-state index contributed by atoms with van der Waals surface area (Å²) in [6.07, 6.45) is 4.69. The smallest absolute Gasteiger partial charge is 0.332 e. The van der Waals surface area contributed by atoms with Crippen LogP contribution in [0.15, 0.2) is 18.9 Å². The zero-order chi connectivity index (χ0) is 13.0. The standard InChI is InChI=1S/C9H11N7O2/c1-2-3-11-9-12-4-7(16(17)18)8(14-9)15-6-10-5-13-15/h4-6H,2-3H2,1H3,(H,11,12,14).